The number of aromatic nitrogens is 2. The minimum Gasteiger partial charge on any atom is -0.497 e. The van der Waals surface area contributed by atoms with Crippen molar-refractivity contribution in [2.24, 2.45) is 5.10 Å². The van der Waals surface area contributed by atoms with Crippen molar-refractivity contribution in [3.05, 3.63) is 98.5 Å². The lowest BCUT2D eigenvalue weighted by atomic mass is 10.2. The fraction of sp³-hybridized carbons (Fsp3) is 0.115. The Morgan fingerprint density at radius 2 is 1.74 bits per heavy atom. The zero-order valence-electron chi connectivity index (χ0n) is 20.0. The Balaban J connectivity index is 1.22. The van der Waals surface area contributed by atoms with Gasteiger partial charge in [0, 0.05) is 21.2 Å². The highest BCUT2D eigenvalue weighted by molar-refractivity contribution is 7.15. The molecular formula is C26H21Cl2N5O4S. The molecule has 0 aliphatic heterocycles. The summed E-state index contributed by atoms with van der Waals surface area (Å²) in [5.74, 6) is 0.596. The first kappa shape index (κ1) is 27.1. The van der Waals surface area contributed by atoms with Gasteiger partial charge in [0.15, 0.2) is 0 Å². The number of amides is 2. The van der Waals surface area contributed by atoms with Gasteiger partial charge >= 0.3 is 0 Å². The van der Waals surface area contributed by atoms with E-state index in [0.717, 1.165) is 22.5 Å². The predicted molar refractivity (Wildman–Crippen MR) is 148 cm³/mol. The highest BCUT2D eigenvalue weighted by atomic mass is 35.5. The fourth-order valence-corrected chi connectivity index (χ4v) is 4.29. The van der Waals surface area contributed by atoms with Gasteiger partial charge in [-0.3, -0.25) is 14.9 Å². The van der Waals surface area contributed by atoms with Crippen molar-refractivity contribution >= 4 is 57.7 Å². The van der Waals surface area contributed by atoms with E-state index < -0.39 is 0 Å². The molecule has 3 aromatic carbocycles. The Kier molecular flexibility index (Phi) is 9.26. The van der Waals surface area contributed by atoms with Crippen LogP contribution in [0.5, 0.6) is 11.5 Å². The molecule has 12 heteroatoms. The number of carbonyl (C=O) groups is 2. The lowest BCUT2D eigenvalue weighted by molar-refractivity contribution is -0.120. The molecule has 2 amide bonds. The zero-order valence-corrected chi connectivity index (χ0v) is 22.3. The SMILES string of the molecule is COc1ccc(C(=O)Nc2nnc(CC(=O)NN=Cc3ccc(OCc4ccc(Cl)cc4Cl)cc3)s2)cc1. The maximum Gasteiger partial charge on any atom is 0.257 e. The standard InChI is InChI=1S/C26H21Cl2N5O4S/c1-36-20-10-5-17(6-11-20)25(35)30-26-33-32-24(38-26)13-23(34)31-29-14-16-2-8-21(9-3-16)37-15-18-4-7-19(27)12-22(18)28/h2-12,14H,13,15H2,1H3,(H,31,34)(H,30,33,35). The molecule has 38 heavy (non-hydrogen) atoms. The number of nitrogens with zero attached hydrogens (tertiary/aromatic N) is 3. The van der Waals surface area contributed by atoms with Crippen molar-refractivity contribution in [2.45, 2.75) is 13.0 Å². The van der Waals surface area contributed by atoms with E-state index in [1.807, 2.05) is 6.07 Å². The number of rotatable bonds is 10. The molecule has 2 N–H and O–H groups in total. The second-order valence-corrected chi connectivity index (χ2v) is 9.65. The van der Waals surface area contributed by atoms with Crippen LogP contribution in [-0.4, -0.2) is 35.3 Å². The third kappa shape index (κ3) is 7.75. The van der Waals surface area contributed by atoms with Crippen LogP contribution in [0.4, 0.5) is 5.13 Å². The third-order valence-corrected chi connectivity index (χ3v) is 6.47. The number of halogens is 2. The monoisotopic (exact) mass is 569 g/mol. The van der Waals surface area contributed by atoms with Crippen LogP contribution in [0.25, 0.3) is 0 Å². The van der Waals surface area contributed by atoms with Gasteiger partial charge in [-0.15, -0.1) is 10.2 Å². The van der Waals surface area contributed by atoms with Crippen LogP contribution >= 0.6 is 34.5 Å². The first-order valence-corrected chi connectivity index (χ1v) is 12.7. The lowest BCUT2D eigenvalue weighted by Crippen LogP contribution is -2.19. The van der Waals surface area contributed by atoms with E-state index in [2.05, 4.69) is 26.0 Å². The average Bonchev–Trinajstić information content (AvgIpc) is 3.35. The highest BCUT2D eigenvalue weighted by Gasteiger charge is 2.12. The first-order valence-electron chi connectivity index (χ1n) is 11.2. The summed E-state index contributed by atoms with van der Waals surface area (Å²) in [6, 6.07) is 19.1. The number of benzene rings is 3. The van der Waals surface area contributed by atoms with E-state index in [4.69, 9.17) is 32.7 Å². The Labute approximate surface area is 232 Å². The topological polar surface area (TPSA) is 115 Å². The van der Waals surface area contributed by atoms with Crippen molar-refractivity contribution in [3.63, 3.8) is 0 Å². The number of hydrogen-bond donors (Lipinski definition) is 2. The molecule has 0 aliphatic carbocycles. The minimum absolute atomic E-state index is 0.0343. The molecule has 0 atom stereocenters. The van der Waals surface area contributed by atoms with Crippen molar-refractivity contribution in [1.82, 2.24) is 15.6 Å². The van der Waals surface area contributed by atoms with Crippen LogP contribution in [0.1, 0.15) is 26.5 Å². The van der Waals surface area contributed by atoms with Gasteiger partial charge in [-0.2, -0.15) is 5.10 Å². The number of methoxy groups -OCH3 is 1. The predicted octanol–water partition coefficient (Wildman–Crippen LogP) is 5.38. The van der Waals surface area contributed by atoms with Gasteiger partial charge in [0.05, 0.1) is 19.7 Å². The molecule has 0 aliphatic rings. The summed E-state index contributed by atoms with van der Waals surface area (Å²) in [5.41, 5.74) is 4.49. The molecule has 0 saturated heterocycles. The van der Waals surface area contributed by atoms with Crippen LogP contribution in [0.15, 0.2) is 71.8 Å². The van der Waals surface area contributed by atoms with E-state index >= 15 is 0 Å². The normalized spacial score (nSPS) is 10.8. The zero-order chi connectivity index (χ0) is 26.9. The van der Waals surface area contributed by atoms with Crippen LogP contribution in [0, 0.1) is 0 Å². The second-order valence-electron chi connectivity index (χ2n) is 7.75. The lowest BCUT2D eigenvalue weighted by Gasteiger charge is -2.08. The largest absolute Gasteiger partial charge is 0.497 e. The molecule has 0 unspecified atom stereocenters. The number of anilines is 1. The number of nitrogens with one attached hydrogen (secondary N) is 2. The van der Waals surface area contributed by atoms with Crippen LogP contribution < -0.4 is 20.2 Å². The maximum atomic E-state index is 12.3. The molecule has 4 rings (SSSR count). The smallest absolute Gasteiger partial charge is 0.257 e. The van der Waals surface area contributed by atoms with Gasteiger partial charge in [0.2, 0.25) is 11.0 Å². The van der Waals surface area contributed by atoms with E-state index in [1.54, 1.807) is 67.8 Å². The summed E-state index contributed by atoms with van der Waals surface area (Å²) in [4.78, 5) is 24.6. The number of hydrazone groups is 1. The molecule has 9 nitrogen and oxygen atoms in total. The van der Waals surface area contributed by atoms with Crippen LogP contribution in [-0.2, 0) is 17.8 Å². The van der Waals surface area contributed by atoms with E-state index in [9.17, 15) is 9.59 Å². The highest BCUT2D eigenvalue weighted by Crippen LogP contribution is 2.23. The molecular weight excluding hydrogens is 549 g/mol. The summed E-state index contributed by atoms with van der Waals surface area (Å²) >= 11 is 13.2. The van der Waals surface area contributed by atoms with Crippen molar-refractivity contribution < 1.29 is 19.1 Å². The molecule has 0 bridgehead atoms. The number of carbonyl (C=O) groups excluding carboxylic acids is 2. The Morgan fingerprint density at radius 1 is 1.00 bits per heavy atom. The molecule has 194 valence electrons. The first-order chi connectivity index (χ1) is 18.4. The quantitative estimate of drug-likeness (QED) is 0.196. The molecule has 0 saturated carbocycles. The van der Waals surface area contributed by atoms with E-state index in [0.29, 0.717) is 38.7 Å². The molecule has 0 spiro atoms. The minimum atomic E-state index is -0.370. The Bertz CT molecular complexity index is 1440. The maximum absolute atomic E-state index is 12.3. The van der Waals surface area contributed by atoms with Crippen LogP contribution in [0.3, 0.4) is 0 Å². The van der Waals surface area contributed by atoms with Crippen molar-refractivity contribution in [1.29, 1.82) is 0 Å². The summed E-state index contributed by atoms with van der Waals surface area (Å²) in [5, 5.41) is 16.3. The molecule has 4 aromatic rings. The molecule has 1 heterocycles. The van der Waals surface area contributed by atoms with E-state index in [1.165, 1.54) is 6.21 Å². The number of hydrogen-bond acceptors (Lipinski definition) is 8. The Hall–Kier alpha value is -3.99. The van der Waals surface area contributed by atoms with Gasteiger partial charge in [0.25, 0.3) is 5.91 Å². The van der Waals surface area contributed by atoms with Gasteiger partial charge in [-0.1, -0.05) is 40.6 Å². The number of ether oxygens (including phenoxy) is 2. The Morgan fingerprint density at radius 3 is 2.45 bits per heavy atom. The second kappa shape index (κ2) is 13.0. The van der Waals surface area contributed by atoms with E-state index in [-0.39, 0.29) is 23.4 Å². The summed E-state index contributed by atoms with van der Waals surface area (Å²) in [7, 11) is 1.55. The molecule has 0 fully saturated rings. The van der Waals surface area contributed by atoms with Crippen molar-refractivity contribution in [3.8, 4) is 11.5 Å². The third-order valence-electron chi connectivity index (χ3n) is 5.04. The van der Waals surface area contributed by atoms with Crippen LogP contribution in [0.2, 0.25) is 10.0 Å². The molecule has 0 radical (unpaired) electrons. The van der Waals surface area contributed by atoms with Gasteiger partial charge in [-0.05, 0) is 66.2 Å². The van der Waals surface area contributed by atoms with Gasteiger partial charge in [0.1, 0.15) is 23.1 Å². The summed E-state index contributed by atoms with van der Waals surface area (Å²) < 4.78 is 10.8. The van der Waals surface area contributed by atoms with Gasteiger partial charge < -0.3 is 9.47 Å². The summed E-state index contributed by atoms with van der Waals surface area (Å²) in [6.45, 7) is 0.304. The average molecular weight is 570 g/mol. The fourth-order valence-electron chi connectivity index (χ4n) is 3.09. The van der Waals surface area contributed by atoms with Crippen molar-refractivity contribution in [2.75, 3.05) is 12.4 Å². The van der Waals surface area contributed by atoms with Gasteiger partial charge in [-0.25, -0.2) is 5.43 Å². The summed E-state index contributed by atoms with van der Waals surface area (Å²) in [6.07, 6.45) is 1.48. The molecule has 1 aromatic heterocycles.